The van der Waals surface area contributed by atoms with E-state index in [0.717, 1.165) is 44.9 Å². The maximum atomic E-state index is 5.42. The maximum Gasteiger partial charge on any atom is 0.190 e. The van der Waals surface area contributed by atoms with Crippen molar-refractivity contribution in [2.24, 2.45) is 4.99 Å². The quantitative estimate of drug-likeness (QED) is 0.240. The predicted molar refractivity (Wildman–Crippen MR) is 105 cm³/mol. The van der Waals surface area contributed by atoms with Crippen LogP contribution in [0.1, 0.15) is 17.7 Å². The van der Waals surface area contributed by atoms with Crippen molar-refractivity contribution in [3.05, 3.63) is 22.4 Å². The summed E-state index contributed by atoms with van der Waals surface area (Å²) in [5.41, 5.74) is 0. The van der Waals surface area contributed by atoms with Crippen LogP contribution >= 0.6 is 35.3 Å². The molecule has 0 atom stereocenters. The third-order valence-electron chi connectivity index (χ3n) is 2.91. The Bertz CT molecular complexity index is 375. The molecule has 2 N–H and O–H groups in total. The van der Waals surface area contributed by atoms with Crippen LogP contribution in [0.2, 0.25) is 0 Å². The first-order valence-electron chi connectivity index (χ1n) is 7.40. The first kappa shape index (κ1) is 21.6. The van der Waals surface area contributed by atoms with Crippen molar-refractivity contribution in [2.75, 3.05) is 47.1 Å². The van der Waals surface area contributed by atoms with Crippen molar-refractivity contribution in [3.8, 4) is 0 Å². The maximum absolute atomic E-state index is 5.42. The number of hydrogen-bond donors (Lipinski definition) is 2. The van der Waals surface area contributed by atoms with Crippen LogP contribution in [0, 0.1) is 0 Å². The summed E-state index contributed by atoms with van der Waals surface area (Å²) >= 11 is 1.79. The standard InChI is InChI=1S/C15H27N3O2S.HI/c1-16-15(18-9-7-14-6-5-13-21-14)17-8-3-4-10-20-12-11-19-2;/h5-6,13H,3-4,7-12H2,1-2H3,(H2,16,17,18);1H. The van der Waals surface area contributed by atoms with Crippen LogP contribution in [0.4, 0.5) is 0 Å². The van der Waals surface area contributed by atoms with Crippen LogP contribution in [0.25, 0.3) is 0 Å². The van der Waals surface area contributed by atoms with Crippen molar-refractivity contribution in [1.82, 2.24) is 10.6 Å². The van der Waals surface area contributed by atoms with E-state index in [-0.39, 0.29) is 24.0 Å². The summed E-state index contributed by atoms with van der Waals surface area (Å²) in [6.45, 7) is 3.94. The Kier molecular flexibility index (Phi) is 15.2. The molecule has 0 bridgehead atoms. The van der Waals surface area contributed by atoms with E-state index in [2.05, 4.69) is 33.1 Å². The fourth-order valence-electron chi connectivity index (χ4n) is 1.76. The van der Waals surface area contributed by atoms with Crippen LogP contribution in [-0.2, 0) is 15.9 Å². The van der Waals surface area contributed by atoms with Gasteiger partial charge < -0.3 is 20.1 Å². The first-order valence-corrected chi connectivity index (χ1v) is 8.28. The fraction of sp³-hybridized carbons (Fsp3) is 0.667. The number of rotatable bonds is 11. The van der Waals surface area contributed by atoms with E-state index in [1.807, 2.05) is 0 Å². The Morgan fingerprint density at radius 3 is 2.68 bits per heavy atom. The molecule has 1 aromatic heterocycles. The largest absolute Gasteiger partial charge is 0.382 e. The van der Waals surface area contributed by atoms with Gasteiger partial charge in [-0.1, -0.05) is 6.07 Å². The number of thiophene rings is 1. The Morgan fingerprint density at radius 2 is 2.00 bits per heavy atom. The van der Waals surface area contributed by atoms with Crippen molar-refractivity contribution < 1.29 is 9.47 Å². The normalized spacial score (nSPS) is 11.1. The molecule has 0 aliphatic rings. The topological polar surface area (TPSA) is 54.9 Å². The summed E-state index contributed by atoms with van der Waals surface area (Å²) in [5.74, 6) is 0.867. The fourth-order valence-corrected chi connectivity index (χ4v) is 2.47. The summed E-state index contributed by atoms with van der Waals surface area (Å²) in [6.07, 6.45) is 3.15. The molecule has 0 aliphatic heterocycles. The van der Waals surface area contributed by atoms with Gasteiger partial charge in [0.2, 0.25) is 0 Å². The molecule has 0 aliphatic carbocycles. The number of aliphatic imine (C=N–C) groups is 1. The number of halogens is 1. The molecule has 5 nitrogen and oxygen atoms in total. The molecular formula is C15H28IN3O2S. The van der Waals surface area contributed by atoms with Gasteiger partial charge in [0.25, 0.3) is 0 Å². The lowest BCUT2D eigenvalue weighted by molar-refractivity contribution is 0.0689. The second-order valence-electron chi connectivity index (χ2n) is 4.57. The summed E-state index contributed by atoms with van der Waals surface area (Å²) in [7, 11) is 3.48. The highest BCUT2D eigenvalue weighted by molar-refractivity contribution is 14.0. The van der Waals surface area contributed by atoms with E-state index >= 15 is 0 Å². The summed E-state index contributed by atoms with van der Waals surface area (Å²) in [5, 5.41) is 8.75. The van der Waals surface area contributed by atoms with Gasteiger partial charge in [0.1, 0.15) is 0 Å². The Balaban J connectivity index is 0.00000441. The zero-order valence-corrected chi connectivity index (χ0v) is 16.6. The highest BCUT2D eigenvalue weighted by Crippen LogP contribution is 2.07. The van der Waals surface area contributed by atoms with Gasteiger partial charge in [-0.3, -0.25) is 4.99 Å². The zero-order chi connectivity index (χ0) is 15.2. The predicted octanol–water partition coefficient (Wildman–Crippen LogP) is 2.52. The average Bonchev–Trinajstić information content (AvgIpc) is 3.01. The van der Waals surface area contributed by atoms with E-state index in [4.69, 9.17) is 9.47 Å². The minimum Gasteiger partial charge on any atom is -0.382 e. The van der Waals surface area contributed by atoms with Crippen molar-refractivity contribution in [2.45, 2.75) is 19.3 Å². The van der Waals surface area contributed by atoms with Crippen molar-refractivity contribution in [3.63, 3.8) is 0 Å². The van der Waals surface area contributed by atoms with Gasteiger partial charge in [0.15, 0.2) is 5.96 Å². The molecule has 0 fully saturated rings. The second-order valence-corrected chi connectivity index (χ2v) is 5.60. The average molecular weight is 441 g/mol. The minimum absolute atomic E-state index is 0. The van der Waals surface area contributed by atoms with E-state index in [9.17, 15) is 0 Å². The van der Waals surface area contributed by atoms with Crippen LogP contribution in [0.5, 0.6) is 0 Å². The molecular weight excluding hydrogens is 413 g/mol. The molecule has 1 heterocycles. The first-order chi connectivity index (χ1) is 10.4. The van der Waals surface area contributed by atoms with Gasteiger partial charge in [-0.25, -0.2) is 0 Å². The summed E-state index contributed by atoms with van der Waals surface area (Å²) in [6, 6.07) is 4.24. The Hall–Kier alpha value is -0.380. The SMILES string of the molecule is CN=C(NCCCCOCCOC)NCCc1cccs1.I. The molecule has 128 valence electrons. The smallest absolute Gasteiger partial charge is 0.190 e. The van der Waals surface area contributed by atoms with Crippen molar-refractivity contribution in [1.29, 1.82) is 0 Å². The molecule has 0 radical (unpaired) electrons. The minimum atomic E-state index is 0. The molecule has 1 rings (SSSR count). The van der Waals surface area contributed by atoms with Gasteiger partial charge in [0, 0.05) is 38.7 Å². The van der Waals surface area contributed by atoms with Crippen molar-refractivity contribution >= 4 is 41.3 Å². The lowest BCUT2D eigenvalue weighted by Gasteiger charge is -2.11. The lowest BCUT2D eigenvalue weighted by Crippen LogP contribution is -2.38. The highest BCUT2D eigenvalue weighted by Gasteiger charge is 1.98. The zero-order valence-electron chi connectivity index (χ0n) is 13.5. The van der Waals surface area contributed by atoms with Gasteiger partial charge in [-0.2, -0.15) is 0 Å². The van der Waals surface area contributed by atoms with Gasteiger partial charge in [-0.15, -0.1) is 35.3 Å². The lowest BCUT2D eigenvalue weighted by atomic mass is 10.3. The third-order valence-corrected chi connectivity index (χ3v) is 3.84. The number of ether oxygens (including phenoxy) is 2. The number of unbranched alkanes of at least 4 members (excludes halogenated alkanes) is 1. The van der Waals surface area contributed by atoms with E-state index in [1.54, 1.807) is 25.5 Å². The number of nitrogens with one attached hydrogen (secondary N) is 2. The molecule has 0 saturated heterocycles. The molecule has 0 saturated carbocycles. The molecule has 0 unspecified atom stereocenters. The van der Waals surface area contributed by atoms with Gasteiger partial charge in [0.05, 0.1) is 13.2 Å². The molecule has 0 spiro atoms. The Labute approximate surface area is 154 Å². The summed E-state index contributed by atoms with van der Waals surface area (Å²) < 4.78 is 10.3. The number of guanidine groups is 1. The third kappa shape index (κ3) is 11.2. The Morgan fingerprint density at radius 1 is 1.18 bits per heavy atom. The molecule has 22 heavy (non-hydrogen) atoms. The number of nitrogens with zero attached hydrogens (tertiary/aromatic N) is 1. The molecule has 7 heteroatoms. The molecule has 1 aromatic rings. The highest BCUT2D eigenvalue weighted by atomic mass is 127. The number of methoxy groups -OCH3 is 1. The van der Waals surface area contributed by atoms with E-state index < -0.39 is 0 Å². The molecule has 0 aromatic carbocycles. The van der Waals surface area contributed by atoms with E-state index in [0.29, 0.717) is 13.2 Å². The monoisotopic (exact) mass is 441 g/mol. The number of hydrogen-bond acceptors (Lipinski definition) is 4. The van der Waals surface area contributed by atoms with Gasteiger partial charge >= 0.3 is 0 Å². The van der Waals surface area contributed by atoms with Gasteiger partial charge in [-0.05, 0) is 30.7 Å². The van der Waals surface area contributed by atoms with Crippen LogP contribution < -0.4 is 10.6 Å². The van der Waals surface area contributed by atoms with Crippen LogP contribution in [0.3, 0.4) is 0 Å². The van der Waals surface area contributed by atoms with Crippen LogP contribution in [0.15, 0.2) is 22.5 Å². The summed E-state index contributed by atoms with van der Waals surface area (Å²) in [4.78, 5) is 5.61. The molecule has 0 amide bonds. The van der Waals surface area contributed by atoms with E-state index in [1.165, 1.54) is 4.88 Å². The van der Waals surface area contributed by atoms with Crippen LogP contribution in [-0.4, -0.2) is 53.0 Å². The second kappa shape index (κ2) is 15.5.